The summed E-state index contributed by atoms with van der Waals surface area (Å²) in [5, 5.41) is 3.10. The fourth-order valence-corrected chi connectivity index (χ4v) is 4.16. The highest BCUT2D eigenvalue weighted by atomic mass is 32.1. The van der Waals surface area contributed by atoms with Crippen LogP contribution in [0.3, 0.4) is 0 Å². The summed E-state index contributed by atoms with van der Waals surface area (Å²) in [6, 6.07) is 10.0. The van der Waals surface area contributed by atoms with E-state index in [2.05, 4.69) is 14.8 Å². The molecule has 5 nitrogen and oxygen atoms in total. The molecule has 2 aliphatic rings. The maximum Gasteiger partial charge on any atom is 0.244 e. The molecule has 3 heterocycles. The van der Waals surface area contributed by atoms with Gasteiger partial charge in [0.25, 0.3) is 0 Å². The lowest BCUT2D eigenvalue weighted by Gasteiger charge is -2.37. The minimum atomic E-state index is 0.0358. The zero-order chi connectivity index (χ0) is 15.6. The highest BCUT2D eigenvalue weighted by Gasteiger charge is 2.37. The van der Waals surface area contributed by atoms with Crippen molar-refractivity contribution in [3.8, 4) is 0 Å². The monoisotopic (exact) mass is 328 g/mol. The second-order valence-electron chi connectivity index (χ2n) is 5.97. The molecule has 0 unspecified atom stereocenters. The number of hydrogen-bond acceptors (Lipinski definition) is 5. The van der Waals surface area contributed by atoms with Crippen LogP contribution in [0.1, 0.15) is 6.42 Å². The Hall–Kier alpha value is -1.92. The van der Waals surface area contributed by atoms with Gasteiger partial charge in [-0.05, 0) is 18.6 Å². The van der Waals surface area contributed by atoms with Crippen molar-refractivity contribution in [2.45, 2.75) is 12.5 Å². The lowest BCUT2D eigenvalue weighted by atomic mass is 10.2. The summed E-state index contributed by atoms with van der Waals surface area (Å²) >= 11 is 1.68. The number of piperazine rings is 1. The number of para-hydroxylation sites is 1. The lowest BCUT2D eigenvalue weighted by Crippen LogP contribution is -2.52. The minimum absolute atomic E-state index is 0.0358. The summed E-state index contributed by atoms with van der Waals surface area (Å²) in [6.07, 6.45) is 2.77. The van der Waals surface area contributed by atoms with Crippen LogP contribution in [0.25, 0.3) is 0 Å². The van der Waals surface area contributed by atoms with Gasteiger partial charge in [0.1, 0.15) is 0 Å². The van der Waals surface area contributed by atoms with Gasteiger partial charge in [0.15, 0.2) is 5.13 Å². The van der Waals surface area contributed by atoms with E-state index in [1.807, 2.05) is 46.8 Å². The topological polar surface area (TPSA) is 39.7 Å². The molecule has 1 amide bonds. The Morgan fingerprint density at radius 1 is 1.04 bits per heavy atom. The Bertz CT molecular complexity index is 652. The average molecular weight is 328 g/mol. The van der Waals surface area contributed by atoms with Gasteiger partial charge in [-0.2, -0.15) is 0 Å². The van der Waals surface area contributed by atoms with E-state index in [0.717, 1.165) is 50.0 Å². The van der Waals surface area contributed by atoms with Crippen LogP contribution in [0.5, 0.6) is 0 Å². The molecule has 2 aliphatic heterocycles. The molecule has 2 fully saturated rings. The van der Waals surface area contributed by atoms with Gasteiger partial charge in [0.05, 0.1) is 6.04 Å². The van der Waals surface area contributed by atoms with E-state index in [9.17, 15) is 4.79 Å². The number of anilines is 2. The molecule has 4 rings (SSSR count). The van der Waals surface area contributed by atoms with Crippen LogP contribution < -0.4 is 9.80 Å². The number of nitrogens with zero attached hydrogens (tertiary/aromatic N) is 4. The molecule has 2 saturated heterocycles. The first-order valence-corrected chi connectivity index (χ1v) is 8.96. The van der Waals surface area contributed by atoms with Crippen LogP contribution >= 0.6 is 11.3 Å². The highest BCUT2D eigenvalue weighted by Crippen LogP contribution is 2.26. The maximum atomic E-state index is 12.8. The fraction of sp³-hybridized carbons (Fsp3) is 0.412. The number of rotatable bonds is 3. The third-order valence-corrected chi connectivity index (χ3v) is 5.52. The van der Waals surface area contributed by atoms with E-state index in [-0.39, 0.29) is 11.9 Å². The Morgan fingerprint density at radius 2 is 1.83 bits per heavy atom. The van der Waals surface area contributed by atoms with Crippen molar-refractivity contribution in [2.24, 2.45) is 0 Å². The van der Waals surface area contributed by atoms with Crippen LogP contribution in [0.2, 0.25) is 0 Å². The normalized spacial score (nSPS) is 22.8. The van der Waals surface area contributed by atoms with Gasteiger partial charge in [-0.1, -0.05) is 18.2 Å². The van der Waals surface area contributed by atoms with Gasteiger partial charge in [-0.25, -0.2) is 4.98 Å². The van der Waals surface area contributed by atoms with Crippen LogP contribution in [0.15, 0.2) is 41.9 Å². The minimum Gasteiger partial charge on any atom is -0.346 e. The summed E-state index contributed by atoms with van der Waals surface area (Å²) in [5.41, 5.74) is 1.02. The Labute approximate surface area is 140 Å². The summed E-state index contributed by atoms with van der Waals surface area (Å²) < 4.78 is 0. The predicted molar refractivity (Wildman–Crippen MR) is 93.1 cm³/mol. The molecule has 0 aliphatic carbocycles. The first-order valence-electron chi connectivity index (χ1n) is 8.08. The standard InChI is InChI=1S/C17H20N4OS/c22-16-15(6-8-21(16)14-4-2-1-3-5-14)19-9-11-20(12-10-19)17-18-7-13-23-17/h1-5,7,13,15H,6,8-12H2/t15-/m0/s1. The molecule has 0 N–H and O–H groups in total. The average Bonchev–Trinajstić information content (AvgIpc) is 3.26. The second-order valence-corrected chi connectivity index (χ2v) is 6.84. The lowest BCUT2D eigenvalue weighted by molar-refractivity contribution is -0.121. The molecule has 1 atom stereocenters. The van der Waals surface area contributed by atoms with Crippen molar-refractivity contribution in [3.63, 3.8) is 0 Å². The van der Waals surface area contributed by atoms with Crippen LogP contribution in [-0.2, 0) is 4.79 Å². The highest BCUT2D eigenvalue weighted by molar-refractivity contribution is 7.13. The molecule has 0 spiro atoms. The Morgan fingerprint density at radius 3 is 2.52 bits per heavy atom. The number of carbonyl (C=O) groups excluding carboxylic acids is 1. The zero-order valence-corrected chi connectivity index (χ0v) is 13.8. The molecular weight excluding hydrogens is 308 g/mol. The van der Waals surface area contributed by atoms with Crippen molar-refractivity contribution in [1.82, 2.24) is 9.88 Å². The molecule has 0 radical (unpaired) electrons. The van der Waals surface area contributed by atoms with E-state index in [1.165, 1.54) is 0 Å². The largest absolute Gasteiger partial charge is 0.346 e. The van der Waals surface area contributed by atoms with Crippen molar-refractivity contribution >= 4 is 28.1 Å². The molecule has 0 bridgehead atoms. The van der Waals surface area contributed by atoms with Crippen LogP contribution in [-0.4, -0.2) is 54.6 Å². The summed E-state index contributed by atoms with van der Waals surface area (Å²) in [4.78, 5) is 23.7. The zero-order valence-electron chi connectivity index (χ0n) is 13.0. The molecule has 23 heavy (non-hydrogen) atoms. The van der Waals surface area contributed by atoms with Gasteiger partial charge >= 0.3 is 0 Å². The Kier molecular flexibility index (Phi) is 4.01. The molecule has 6 heteroatoms. The van der Waals surface area contributed by atoms with E-state index in [1.54, 1.807) is 11.3 Å². The SMILES string of the molecule is O=C1[C@@H](N2CCN(c3nccs3)CC2)CCN1c1ccccc1. The summed E-state index contributed by atoms with van der Waals surface area (Å²) in [6.45, 7) is 4.57. The predicted octanol–water partition coefficient (Wildman–Crippen LogP) is 2.07. The van der Waals surface area contributed by atoms with Crippen LogP contribution in [0, 0.1) is 0 Å². The van der Waals surface area contributed by atoms with E-state index >= 15 is 0 Å². The third kappa shape index (κ3) is 2.84. The van der Waals surface area contributed by atoms with Crippen molar-refractivity contribution in [2.75, 3.05) is 42.5 Å². The van der Waals surface area contributed by atoms with Gasteiger partial charge in [-0.15, -0.1) is 11.3 Å². The van der Waals surface area contributed by atoms with Crippen molar-refractivity contribution < 1.29 is 4.79 Å². The first-order chi connectivity index (χ1) is 11.3. The molecule has 1 aromatic heterocycles. The number of carbonyl (C=O) groups is 1. The number of hydrogen-bond donors (Lipinski definition) is 0. The van der Waals surface area contributed by atoms with Crippen molar-refractivity contribution in [1.29, 1.82) is 0 Å². The second kappa shape index (κ2) is 6.29. The summed E-state index contributed by atoms with van der Waals surface area (Å²) in [7, 11) is 0. The fourth-order valence-electron chi connectivity index (χ4n) is 3.46. The van der Waals surface area contributed by atoms with Gasteiger partial charge in [0, 0.05) is 50.0 Å². The van der Waals surface area contributed by atoms with E-state index < -0.39 is 0 Å². The van der Waals surface area contributed by atoms with Gasteiger partial charge in [-0.3, -0.25) is 9.69 Å². The van der Waals surface area contributed by atoms with Crippen LogP contribution in [0.4, 0.5) is 10.8 Å². The van der Waals surface area contributed by atoms with Gasteiger partial charge in [0.2, 0.25) is 5.91 Å². The number of thiazole rings is 1. The first kappa shape index (κ1) is 14.7. The van der Waals surface area contributed by atoms with E-state index in [0.29, 0.717) is 0 Å². The molecular formula is C17H20N4OS. The quantitative estimate of drug-likeness (QED) is 0.865. The Balaban J connectivity index is 1.39. The molecule has 1 aromatic carbocycles. The number of amides is 1. The maximum absolute atomic E-state index is 12.8. The summed E-state index contributed by atoms with van der Waals surface area (Å²) in [5.74, 6) is 0.249. The van der Waals surface area contributed by atoms with E-state index in [4.69, 9.17) is 0 Å². The molecule has 120 valence electrons. The van der Waals surface area contributed by atoms with Gasteiger partial charge < -0.3 is 9.80 Å². The number of aromatic nitrogens is 1. The smallest absolute Gasteiger partial charge is 0.244 e. The molecule has 2 aromatic rings. The van der Waals surface area contributed by atoms with Crippen molar-refractivity contribution in [3.05, 3.63) is 41.9 Å². The molecule has 0 saturated carbocycles. The third-order valence-electron chi connectivity index (χ3n) is 4.69. The number of benzene rings is 1.